The van der Waals surface area contributed by atoms with Gasteiger partial charge in [-0.05, 0) is 55.5 Å². The van der Waals surface area contributed by atoms with Gasteiger partial charge >= 0.3 is 6.18 Å². The van der Waals surface area contributed by atoms with Crippen LogP contribution in [0.25, 0.3) is 6.08 Å². The first-order valence-corrected chi connectivity index (χ1v) is 8.34. The predicted molar refractivity (Wildman–Crippen MR) is 99.2 cm³/mol. The largest absolute Gasteiger partial charge is 0.462 e. The monoisotopic (exact) mass is 404 g/mol. The molecule has 6 nitrogen and oxygen atoms in total. The van der Waals surface area contributed by atoms with Crippen LogP contribution in [0.2, 0.25) is 0 Å². The molecule has 0 spiro atoms. The average molecular weight is 404 g/mol. The van der Waals surface area contributed by atoms with Crippen LogP contribution in [0.1, 0.15) is 27.6 Å². The minimum atomic E-state index is -4.75. The number of rotatable bonds is 5. The van der Waals surface area contributed by atoms with Gasteiger partial charge in [0, 0.05) is 11.8 Å². The Bertz CT molecular complexity index is 1050. The zero-order valence-electron chi connectivity index (χ0n) is 15.0. The van der Waals surface area contributed by atoms with E-state index in [4.69, 9.17) is 8.83 Å². The highest BCUT2D eigenvalue weighted by molar-refractivity contribution is 6.04. The summed E-state index contributed by atoms with van der Waals surface area (Å²) in [6, 6.07) is 9.20. The van der Waals surface area contributed by atoms with Crippen molar-refractivity contribution >= 4 is 29.3 Å². The van der Waals surface area contributed by atoms with Crippen molar-refractivity contribution in [1.29, 1.82) is 0 Å². The molecule has 9 heteroatoms. The lowest BCUT2D eigenvalue weighted by atomic mass is 10.1. The first kappa shape index (κ1) is 20.0. The number of benzene rings is 1. The Balaban J connectivity index is 1.78. The molecule has 2 N–H and O–H groups in total. The van der Waals surface area contributed by atoms with Crippen molar-refractivity contribution in [3.8, 4) is 0 Å². The third-order valence-electron chi connectivity index (χ3n) is 3.75. The zero-order chi connectivity index (χ0) is 21.0. The summed E-state index contributed by atoms with van der Waals surface area (Å²) < 4.78 is 50.4. The molecule has 0 unspecified atom stereocenters. The number of nitrogens with one attached hydrogen (secondary N) is 2. The average Bonchev–Trinajstić information content (AvgIpc) is 3.32. The molecule has 0 aliphatic carbocycles. The molecule has 3 aromatic rings. The minimum Gasteiger partial charge on any atom is -0.462 e. The molecule has 0 radical (unpaired) electrons. The SMILES string of the molecule is Cc1ccc(/C=C/C(=O)Nc2ccc(NC(=O)c3ccco3)cc2C(F)(F)F)o1. The van der Waals surface area contributed by atoms with Crippen LogP contribution in [0.5, 0.6) is 0 Å². The molecular formula is C20H15F3N2O4. The van der Waals surface area contributed by atoms with Gasteiger partial charge in [0.1, 0.15) is 11.5 Å². The van der Waals surface area contributed by atoms with Crippen LogP contribution in [0.4, 0.5) is 24.5 Å². The molecule has 0 aliphatic heterocycles. The maximum Gasteiger partial charge on any atom is 0.418 e. The van der Waals surface area contributed by atoms with E-state index in [0.717, 1.165) is 18.2 Å². The van der Waals surface area contributed by atoms with Crippen LogP contribution < -0.4 is 10.6 Å². The normalized spacial score (nSPS) is 11.6. The van der Waals surface area contributed by atoms with E-state index in [1.807, 2.05) is 0 Å². The smallest absolute Gasteiger partial charge is 0.418 e. The van der Waals surface area contributed by atoms with Crippen molar-refractivity contribution in [3.05, 3.63) is 77.6 Å². The molecule has 3 rings (SSSR count). The van der Waals surface area contributed by atoms with E-state index < -0.39 is 29.2 Å². The molecule has 0 fully saturated rings. The van der Waals surface area contributed by atoms with Crippen LogP contribution in [-0.4, -0.2) is 11.8 Å². The lowest BCUT2D eigenvalue weighted by Crippen LogP contribution is -2.16. The fourth-order valence-electron chi connectivity index (χ4n) is 2.44. The van der Waals surface area contributed by atoms with Gasteiger partial charge in [0.05, 0.1) is 17.5 Å². The van der Waals surface area contributed by atoms with E-state index in [2.05, 4.69) is 10.6 Å². The van der Waals surface area contributed by atoms with Crippen LogP contribution >= 0.6 is 0 Å². The van der Waals surface area contributed by atoms with Crippen LogP contribution in [0, 0.1) is 6.92 Å². The Morgan fingerprint density at radius 3 is 2.48 bits per heavy atom. The molecule has 0 aliphatic rings. The number of carbonyl (C=O) groups is 2. The number of hydrogen-bond donors (Lipinski definition) is 2. The lowest BCUT2D eigenvalue weighted by Gasteiger charge is -2.15. The Hall–Kier alpha value is -3.75. The van der Waals surface area contributed by atoms with E-state index in [1.165, 1.54) is 30.5 Å². The number of aryl methyl sites for hydroxylation is 1. The second-order valence-electron chi connectivity index (χ2n) is 5.96. The highest BCUT2D eigenvalue weighted by atomic mass is 19.4. The number of furan rings is 2. The third kappa shape index (κ3) is 5.16. The molecule has 0 saturated carbocycles. The first-order valence-electron chi connectivity index (χ1n) is 8.34. The maximum absolute atomic E-state index is 13.4. The summed E-state index contributed by atoms with van der Waals surface area (Å²) in [5.41, 5.74) is -1.65. The highest BCUT2D eigenvalue weighted by Gasteiger charge is 2.34. The van der Waals surface area contributed by atoms with Crippen molar-refractivity contribution < 1.29 is 31.6 Å². The summed E-state index contributed by atoms with van der Waals surface area (Å²) in [5.74, 6) is -0.482. The molecule has 0 saturated heterocycles. The van der Waals surface area contributed by atoms with Gasteiger partial charge in [-0.1, -0.05) is 0 Å². The Morgan fingerprint density at radius 1 is 1.07 bits per heavy atom. The summed E-state index contributed by atoms with van der Waals surface area (Å²) in [4.78, 5) is 23.9. The number of anilines is 2. The fraction of sp³-hybridized carbons (Fsp3) is 0.100. The standard InChI is InChI=1S/C20H15F3N2O4/c1-12-4-6-14(29-12)7-9-18(26)25-16-8-5-13(11-15(16)20(21,22)23)24-19(27)17-3-2-10-28-17/h2-11H,1H3,(H,24,27)(H,25,26)/b9-7+. The number of halogens is 3. The second-order valence-corrected chi connectivity index (χ2v) is 5.96. The van der Waals surface area contributed by atoms with Gasteiger partial charge in [-0.3, -0.25) is 9.59 Å². The van der Waals surface area contributed by atoms with Crippen molar-refractivity contribution in [2.24, 2.45) is 0 Å². The summed E-state index contributed by atoms with van der Waals surface area (Å²) in [6.45, 7) is 1.72. The van der Waals surface area contributed by atoms with Crippen molar-refractivity contribution in [1.82, 2.24) is 0 Å². The van der Waals surface area contributed by atoms with Crippen LogP contribution in [-0.2, 0) is 11.0 Å². The van der Waals surface area contributed by atoms with E-state index >= 15 is 0 Å². The third-order valence-corrected chi connectivity index (χ3v) is 3.75. The van der Waals surface area contributed by atoms with Gasteiger partial charge in [0.15, 0.2) is 5.76 Å². The number of amides is 2. The maximum atomic E-state index is 13.4. The molecular weight excluding hydrogens is 389 g/mol. The van der Waals surface area contributed by atoms with Gasteiger partial charge < -0.3 is 19.5 Å². The van der Waals surface area contributed by atoms with E-state index in [9.17, 15) is 22.8 Å². The van der Waals surface area contributed by atoms with Crippen molar-refractivity contribution in [3.63, 3.8) is 0 Å². The predicted octanol–water partition coefficient (Wildman–Crippen LogP) is 5.10. The number of alkyl halides is 3. The summed E-state index contributed by atoms with van der Waals surface area (Å²) in [6.07, 6.45) is -1.08. The summed E-state index contributed by atoms with van der Waals surface area (Å²) in [7, 11) is 0. The van der Waals surface area contributed by atoms with E-state index in [0.29, 0.717) is 11.5 Å². The molecule has 2 heterocycles. The van der Waals surface area contributed by atoms with Gasteiger partial charge in [0.2, 0.25) is 5.91 Å². The molecule has 29 heavy (non-hydrogen) atoms. The minimum absolute atomic E-state index is 0.0470. The van der Waals surface area contributed by atoms with Crippen LogP contribution in [0.3, 0.4) is 0 Å². The second kappa shape index (κ2) is 8.09. The Labute approximate surface area is 163 Å². The quantitative estimate of drug-likeness (QED) is 0.579. The Kier molecular flexibility index (Phi) is 5.58. The Morgan fingerprint density at radius 2 is 1.86 bits per heavy atom. The molecule has 1 aromatic carbocycles. The molecule has 2 amide bonds. The van der Waals surface area contributed by atoms with E-state index in [-0.39, 0.29) is 11.4 Å². The topological polar surface area (TPSA) is 84.5 Å². The lowest BCUT2D eigenvalue weighted by molar-refractivity contribution is -0.136. The number of hydrogen-bond acceptors (Lipinski definition) is 4. The van der Waals surface area contributed by atoms with Crippen molar-refractivity contribution in [2.75, 3.05) is 10.6 Å². The number of carbonyl (C=O) groups excluding carboxylic acids is 2. The van der Waals surface area contributed by atoms with Gasteiger partial charge in [-0.2, -0.15) is 13.2 Å². The van der Waals surface area contributed by atoms with Crippen molar-refractivity contribution in [2.45, 2.75) is 13.1 Å². The molecule has 0 bridgehead atoms. The summed E-state index contributed by atoms with van der Waals surface area (Å²) >= 11 is 0. The van der Waals surface area contributed by atoms with Gasteiger partial charge in [-0.25, -0.2) is 0 Å². The molecule has 0 atom stereocenters. The first-order chi connectivity index (χ1) is 13.7. The zero-order valence-corrected chi connectivity index (χ0v) is 15.0. The van der Waals surface area contributed by atoms with Crippen LogP contribution in [0.15, 0.2) is 63.6 Å². The highest BCUT2D eigenvalue weighted by Crippen LogP contribution is 2.36. The molecule has 150 valence electrons. The summed E-state index contributed by atoms with van der Waals surface area (Å²) in [5, 5.41) is 4.50. The van der Waals surface area contributed by atoms with Gasteiger partial charge in [0.25, 0.3) is 5.91 Å². The fourth-order valence-corrected chi connectivity index (χ4v) is 2.44. The van der Waals surface area contributed by atoms with Gasteiger partial charge in [-0.15, -0.1) is 0 Å². The molecule has 2 aromatic heterocycles. The van der Waals surface area contributed by atoms with E-state index in [1.54, 1.807) is 19.1 Å².